The number of aliphatic hydroxyl groups is 1. The van der Waals surface area contributed by atoms with Crippen LogP contribution in [0, 0.1) is 10.1 Å². The summed E-state index contributed by atoms with van der Waals surface area (Å²) >= 11 is 0. The third kappa shape index (κ3) is 3.18. The molecule has 1 heterocycles. The lowest BCUT2D eigenvalue weighted by Gasteiger charge is -2.15. The highest BCUT2D eigenvalue weighted by Gasteiger charge is 2.12. The van der Waals surface area contributed by atoms with E-state index >= 15 is 0 Å². The first-order valence-corrected chi connectivity index (χ1v) is 6.38. The third-order valence-electron chi connectivity index (χ3n) is 3.01. The zero-order chi connectivity index (χ0) is 14.5. The van der Waals surface area contributed by atoms with Crippen LogP contribution < -0.4 is 5.32 Å². The summed E-state index contributed by atoms with van der Waals surface area (Å²) in [6.45, 7) is 2.11. The van der Waals surface area contributed by atoms with Gasteiger partial charge in [0.05, 0.1) is 10.4 Å². The van der Waals surface area contributed by atoms with E-state index in [0.717, 1.165) is 6.42 Å². The number of non-ortho nitro benzene ring substituents is 1. The van der Waals surface area contributed by atoms with Crippen LogP contribution in [0.2, 0.25) is 0 Å². The van der Waals surface area contributed by atoms with E-state index in [4.69, 9.17) is 5.11 Å². The predicted octanol–water partition coefficient (Wildman–Crippen LogP) is 2.11. The number of nitro benzene ring substituents is 1. The van der Waals surface area contributed by atoms with Gasteiger partial charge in [-0.3, -0.25) is 10.1 Å². The van der Waals surface area contributed by atoms with Crippen molar-refractivity contribution in [2.45, 2.75) is 25.8 Å². The van der Waals surface area contributed by atoms with Crippen molar-refractivity contribution in [2.24, 2.45) is 0 Å². The zero-order valence-corrected chi connectivity index (χ0v) is 11.1. The summed E-state index contributed by atoms with van der Waals surface area (Å²) in [6, 6.07) is 4.61. The molecule has 0 bridgehead atoms. The Morgan fingerprint density at radius 1 is 1.45 bits per heavy atom. The standard InChI is InChI=1S/C13H16N4O3/c1-9(3-2-6-18)16-13-11-7-10(17(19)20)4-5-12(11)14-8-15-13/h4-5,7-9,18H,2-3,6H2,1H3,(H,14,15,16). The summed E-state index contributed by atoms with van der Waals surface area (Å²) in [5, 5.41) is 23.5. The molecule has 0 saturated carbocycles. The molecular weight excluding hydrogens is 260 g/mol. The van der Waals surface area contributed by atoms with Crippen LogP contribution in [-0.2, 0) is 0 Å². The lowest BCUT2D eigenvalue weighted by Crippen LogP contribution is -2.16. The minimum Gasteiger partial charge on any atom is -0.396 e. The quantitative estimate of drug-likeness (QED) is 0.619. The van der Waals surface area contributed by atoms with Gasteiger partial charge >= 0.3 is 0 Å². The fourth-order valence-electron chi connectivity index (χ4n) is 1.98. The fraction of sp³-hybridized carbons (Fsp3) is 0.385. The maximum Gasteiger partial charge on any atom is 0.270 e. The second kappa shape index (κ2) is 6.25. The molecule has 1 unspecified atom stereocenters. The highest BCUT2D eigenvalue weighted by molar-refractivity contribution is 5.90. The number of aliphatic hydroxyl groups excluding tert-OH is 1. The smallest absolute Gasteiger partial charge is 0.270 e. The zero-order valence-electron chi connectivity index (χ0n) is 11.1. The maximum atomic E-state index is 10.8. The second-order valence-electron chi connectivity index (χ2n) is 4.59. The number of hydrogen-bond donors (Lipinski definition) is 2. The Hall–Kier alpha value is -2.28. The molecule has 2 aromatic rings. The molecular formula is C13H16N4O3. The molecule has 0 fully saturated rings. The van der Waals surface area contributed by atoms with Crippen molar-refractivity contribution in [3.05, 3.63) is 34.6 Å². The first-order valence-electron chi connectivity index (χ1n) is 6.38. The van der Waals surface area contributed by atoms with Crippen molar-refractivity contribution in [1.29, 1.82) is 0 Å². The molecule has 1 aromatic carbocycles. The van der Waals surface area contributed by atoms with Crippen molar-refractivity contribution in [3.8, 4) is 0 Å². The van der Waals surface area contributed by atoms with Gasteiger partial charge in [-0.15, -0.1) is 0 Å². The number of nitrogens with zero attached hydrogens (tertiary/aromatic N) is 3. The van der Waals surface area contributed by atoms with E-state index in [1.54, 1.807) is 6.07 Å². The van der Waals surface area contributed by atoms with Crippen LogP contribution in [0.1, 0.15) is 19.8 Å². The van der Waals surface area contributed by atoms with Gasteiger partial charge in [-0.25, -0.2) is 9.97 Å². The van der Waals surface area contributed by atoms with Gasteiger partial charge in [0.2, 0.25) is 0 Å². The Morgan fingerprint density at radius 3 is 2.95 bits per heavy atom. The van der Waals surface area contributed by atoms with Crippen molar-refractivity contribution in [3.63, 3.8) is 0 Å². The summed E-state index contributed by atoms with van der Waals surface area (Å²) in [5.41, 5.74) is 0.667. The summed E-state index contributed by atoms with van der Waals surface area (Å²) in [6.07, 6.45) is 2.91. The highest BCUT2D eigenvalue weighted by atomic mass is 16.6. The van der Waals surface area contributed by atoms with E-state index in [9.17, 15) is 10.1 Å². The van der Waals surface area contributed by atoms with E-state index in [0.29, 0.717) is 23.1 Å². The Kier molecular flexibility index (Phi) is 4.41. The van der Waals surface area contributed by atoms with Crippen LogP contribution in [0.4, 0.5) is 11.5 Å². The van der Waals surface area contributed by atoms with E-state index in [-0.39, 0.29) is 18.3 Å². The van der Waals surface area contributed by atoms with E-state index in [1.165, 1.54) is 18.5 Å². The average molecular weight is 276 g/mol. The molecule has 1 aromatic heterocycles. The number of hydrogen-bond acceptors (Lipinski definition) is 6. The summed E-state index contributed by atoms with van der Waals surface area (Å²) in [5.74, 6) is 0.573. The van der Waals surface area contributed by atoms with Crippen LogP contribution >= 0.6 is 0 Å². The van der Waals surface area contributed by atoms with Crippen LogP contribution in [0.5, 0.6) is 0 Å². The van der Waals surface area contributed by atoms with Crippen molar-refractivity contribution in [2.75, 3.05) is 11.9 Å². The molecule has 2 rings (SSSR count). The van der Waals surface area contributed by atoms with Gasteiger partial charge in [-0.05, 0) is 25.8 Å². The number of nitrogens with one attached hydrogen (secondary N) is 1. The minimum atomic E-state index is -0.439. The normalized spacial score (nSPS) is 12.3. The summed E-state index contributed by atoms with van der Waals surface area (Å²) in [7, 11) is 0. The third-order valence-corrected chi connectivity index (χ3v) is 3.01. The average Bonchev–Trinajstić information content (AvgIpc) is 2.45. The van der Waals surface area contributed by atoms with E-state index in [1.807, 2.05) is 6.92 Å². The molecule has 0 amide bonds. The Balaban J connectivity index is 2.32. The molecule has 0 saturated heterocycles. The van der Waals surface area contributed by atoms with Gasteiger partial charge in [-0.1, -0.05) is 0 Å². The number of benzene rings is 1. The van der Waals surface area contributed by atoms with Crippen LogP contribution in [0.15, 0.2) is 24.5 Å². The predicted molar refractivity (Wildman–Crippen MR) is 75.6 cm³/mol. The van der Waals surface area contributed by atoms with Crippen molar-refractivity contribution >= 4 is 22.4 Å². The van der Waals surface area contributed by atoms with Gasteiger partial charge in [0.25, 0.3) is 5.69 Å². The van der Waals surface area contributed by atoms with Gasteiger partial charge in [-0.2, -0.15) is 0 Å². The molecule has 0 aliphatic heterocycles. The van der Waals surface area contributed by atoms with Crippen LogP contribution in [0.3, 0.4) is 0 Å². The molecule has 7 heteroatoms. The Labute approximate surface area is 115 Å². The summed E-state index contributed by atoms with van der Waals surface area (Å²) in [4.78, 5) is 18.6. The van der Waals surface area contributed by atoms with E-state index < -0.39 is 4.92 Å². The molecule has 0 spiro atoms. The highest BCUT2D eigenvalue weighted by Crippen LogP contribution is 2.24. The molecule has 1 atom stereocenters. The van der Waals surface area contributed by atoms with Crippen molar-refractivity contribution < 1.29 is 10.0 Å². The molecule has 20 heavy (non-hydrogen) atoms. The van der Waals surface area contributed by atoms with Gasteiger partial charge in [0, 0.05) is 30.2 Å². The SMILES string of the molecule is CC(CCCO)Nc1ncnc2ccc([N+](=O)[O-])cc12. The maximum absolute atomic E-state index is 10.8. The van der Waals surface area contributed by atoms with Crippen LogP contribution in [0.25, 0.3) is 10.9 Å². The lowest BCUT2D eigenvalue weighted by atomic mass is 10.1. The van der Waals surface area contributed by atoms with Gasteiger partial charge in [0.15, 0.2) is 0 Å². The first kappa shape index (κ1) is 14.1. The van der Waals surface area contributed by atoms with Gasteiger partial charge in [0.1, 0.15) is 12.1 Å². The number of aromatic nitrogens is 2. The number of anilines is 1. The Bertz CT molecular complexity index is 618. The molecule has 2 N–H and O–H groups in total. The number of fused-ring (bicyclic) bond motifs is 1. The van der Waals surface area contributed by atoms with E-state index in [2.05, 4.69) is 15.3 Å². The lowest BCUT2D eigenvalue weighted by molar-refractivity contribution is -0.384. The number of nitro groups is 1. The summed E-state index contributed by atoms with van der Waals surface area (Å²) < 4.78 is 0. The Morgan fingerprint density at radius 2 is 2.25 bits per heavy atom. The monoisotopic (exact) mass is 276 g/mol. The van der Waals surface area contributed by atoms with Gasteiger partial charge < -0.3 is 10.4 Å². The van der Waals surface area contributed by atoms with Crippen LogP contribution in [-0.4, -0.2) is 32.6 Å². The second-order valence-corrected chi connectivity index (χ2v) is 4.59. The molecule has 0 radical (unpaired) electrons. The molecule has 106 valence electrons. The molecule has 7 nitrogen and oxygen atoms in total. The largest absolute Gasteiger partial charge is 0.396 e. The number of rotatable bonds is 6. The topological polar surface area (TPSA) is 101 Å². The fourth-order valence-corrected chi connectivity index (χ4v) is 1.98. The molecule has 0 aliphatic carbocycles. The minimum absolute atomic E-state index is 0.0124. The van der Waals surface area contributed by atoms with Crippen molar-refractivity contribution in [1.82, 2.24) is 9.97 Å². The molecule has 0 aliphatic rings. The first-order chi connectivity index (χ1) is 9.61.